The highest BCUT2D eigenvalue weighted by atomic mass is 19.2. The number of nitrogen functional groups attached to an aromatic ring is 1. The quantitative estimate of drug-likeness (QED) is 0.656. The summed E-state index contributed by atoms with van der Waals surface area (Å²) in [6.07, 6.45) is 0. The molecule has 0 atom stereocenters. The Morgan fingerprint density at radius 1 is 1.00 bits per heavy atom. The number of nitrogens with two attached hydrogens (primary N) is 1. The zero-order valence-electron chi connectivity index (χ0n) is 14.6. The molecule has 0 aliphatic carbocycles. The van der Waals surface area contributed by atoms with Gasteiger partial charge in [-0.2, -0.15) is 14.9 Å². The third kappa shape index (κ3) is 3.49. The van der Waals surface area contributed by atoms with Gasteiger partial charge in [-0.25, -0.2) is 8.78 Å². The van der Waals surface area contributed by atoms with Crippen molar-refractivity contribution in [3.63, 3.8) is 0 Å². The summed E-state index contributed by atoms with van der Waals surface area (Å²) < 4.78 is 45.6. The molecule has 6 nitrogen and oxygen atoms in total. The first-order chi connectivity index (χ1) is 13.9. The fourth-order valence-electron chi connectivity index (χ4n) is 2.78. The van der Waals surface area contributed by atoms with Gasteiger partial charge >= 0.3 is 0 Å². The molecule has 0 bridgehead atoms. The lowest BCUT2D eigenvalue weighted by atomic mass is 9.93. The number of H-pyrrole nitrogens is 1. The monoisotopic (exact) mass is 396 g/mol. The molecule has 0 spiro atoms. The van der Waals surface area contributed by atoms with Crippen molar-refractivity contribution in [1.29, 1.82) is 10.5 Å². The van der Waals surface area contributed by atoms with Crippen molar-refractivity contribution in [2.24, 2.45) is 0 Å². The normalized spacial score (nSPS) is 10.2. The molecule has 0 fully saturated rings. The van der Waals surface area contributed by atoms with Crippen LogP contribution >= 0.6 is 0 Å². The van der Waals surface area contributed by atoms with Gasteiger partial charge in [-0.3, -0.25) is 4.79 Å². The first kappa shape index (κ1) is 19.5. The van der Waals surface area contributed by atoms with Gasteiger partial charge in [-0.15, -0.1) is 0 Å². The second-order valence-electron chi connectivity index (χ2n) is 5.84. The van der Waals surface area contributed by atoms with E-state index in [0.717, 1.165) is 12.1 Å². The van der Waals surface area contributed by atoms with Crippen LogP contribution in [0.4, 0.5) is 19.0 Å². The summed E-state index contributed by atoms with van der Waals surface area (Å²) in [4.78, 5) is 14.3. The predicted molar refractivity (Wildman–Crippen MR) is 97.0 cm³/mol. The van der Waals surface area contributed by atoms with E-state index in [1.54, 1.807) is 24.3 Å². The number of hydrogen-bond donors (Lipinski definition) is 2. The van der Waals surface area contributed by atoms with Gasteiger partial charge in [-0.1, -0.05) is 24.3 Å². The molecule has 0 unspecified atom stereocenters. The van der Waals surface area contributed by atoms with Crippen LogP contribution in [0.1, 0.15) is 16.7 Å². The van der Waals surface area contributed by atoms with Crippen LogP contribution in [0, 0.1) is 40.1 Å². The minimum absolute atomic E-state index is 0.00112. The zero-order chi connectivity index (χ0) is 21.1. The van der Waals surface area contributed by atoms with E-state index in [4.69, 9.17) is 10.5 Å². The van der Waals surface area contributed by atoms with Crippen molar-refractivity contribution in [3.05, 3.63) is 80.9 Å². The SMILES string of the molecule is N#Cc1c(N)[nH]c(=O)c(C#N)c1-c1ccccc1COc1ccc(F)c(F)c1F. The van der Waals surface area contributed by atoms with E-state index < -0.39 is 28.8 Å². The highest BCUT2D eigenvalue weighted by molar-refractivity contribution is 5.81. The Bertz CT molecular complexity index is 1260. The number of rotatable bonds is 4. The third-order valence-electron chi connectivity index (χ3n) is 4.14. The molecular formula is C20H11F3N4O2. The molecule has 3 rings (SSSR count). The van der Waals surface area contributed by atoms with Crippen LogP contribution in [0.15, 0.2) is 41.2 Å². The number of nitrogens with zero attached hydrogens (tertiary/aromatic N) is 2. The minimum Gasteiger partial charge on any atom is -0.486 e. The summed E-state index contributed by atoms with van der Waals surface area (Å²) in [5, 5.41) is 18.8. The number of ether oxygens (including phenoxy) is 1. The molecule has 0 saturated heterocycles. The molecule has 9 heteroatoms. The summed E-state index contributed by atoms with van der Waals surface area (Å²) in [6, 6.07) is 11.5. The fourth-order valence-corrected chi connectivity index (χ4v) is 2.78. The average Bonchev–Trinajstić information content (AvgIpc) is 2.71. The lowest BCUT2D eigenvalue weighted by molar-refractivity contribution is 0.282. The number of pyridine rings is 1. The second-order valence-corrected chi connectivity index (χ2v) is 5.84. The number of aromatic nitrogens is 1. The molecule has 0 aliphatic heterocycles. The molecule has 3 N–H and O–H groups in total. The van der Waals surface area contributed by atoms with E-state index in [-0.39, 0.29) is 34.7 Å². The number of hydrogen-bond acceptors (Lipinski definition) is 5. The molecule has 144 valence electrons. The van der Waals surface area contributed by atoms with Gasteiger partial charge in [0.2, 0.25) is 5.82 Å². The first-order valence-corrected chi connectivity index (χ1v) is 8.09. The molecule has 0 saturated carbocycles. The molecule has 1 heterocycles. The lowest BCUT2D eigenvalue weighted by Gasteiger charge is -2.14. The molecule has 2 aromatic carbocycles. The fraction of sp³-hybridized carbons (Fsp3) is 0.0500. The van der Waals surface area contributed by atoms with Gasteiger partial charge in [0.1, 0.15) is 35.7 Å². The van der Waals surface area contributed by atoms with Gasteiger partial charge in [0.15, 0.2) is 17.4 Å². The van der Waals surface area contributed by atoms with E-state index in [9.17, 15) is 28.5 Å². The standard InChI is InChI=1S/C20H11F3N4O2/c21-14-5-6-15(18(23)17(14)22)29-9-10-3-1-2-4-11(10)16-12(7-24)19(26)27-20(28)13(16)8-25/h1-6H,9H2,(H3,26,27,28). The van der Waals surface area contributed by atoms with Crippen LogP contribution in [0.2, 0.25) is 0 Å². The summed E-state index contributed by atoms with van der Waals surface area (Å²) in [6.45, 7) is -0.319. The van der Waals surface area contributed by atoms with Crippen molar-refractivity contribution >= 4 is 5.82 Å². The minimum atomic E-state index is -1.67. The Labute approximate surface area is 162 Å². The Kier molecular flexibility index (Phi) is 5.24. The summed E-state index contributed by atoms with van der Waals surface area (Å²) in [5.41, 5.74) is 5.12. The van der Waals surface area contributed by atoms with Crippen LogP contribution in [-0.2, 0) is 6.61 Å². The topological polar surface area (TPSA) is 116 Å². The third-order valence-corrected chi connectivity index (χ3v) is 4.14. The Balaban J connectivity index is 2.11. The highest BCUT2D eigenvalue weighted by Crippen LogP contribution is 2.32. The Morgan fingerprint density at radius 3 is 2.38 bits per heavy atom. The van der Waals surface area contributed by atoms with Crippen molar-refractivity contribution in [2.45, 2.75) is 6.61 Å². The molecule has 1 aromatic heterocycles. The highest BCUT2D eigenvalue weighted by Gasteiger charge is 2.21. The van der Waals surface area contributed by atoms with E-state index >= 15 is 0 Å². The number of nitriles is 2. The first-order valence-electron chi connectivity index (χ1n) is 8.09. The number of anilines is 1. The van der Waals surface area contributed by atoms with Gasteiger partial charge in [0, 0.05) is 5.56 Å². The van der Waals surface area contributed by atoms with Crippen molar-refractivity contribution < 1.29 is 17.9 Å². The number of nitrogens with one attached hydrogen (secondary N) is 1. The van der Waals surface area contributed by atoms with E-state index in [2.05, 4.69) is 4.98 Å². The van der Waals surface area contributed by atoms with Gasteiger partial charge in [0.05, 0.1) is 0 Å². The van der Waals surface area contributed by atoms with E-state index in [0.29, 0.717) is 5.56 Å². The van der Waals surface area contributed by atoms with Gasteiger partial charge in [-0.05, 0) is 23.3 Å². The molecule has 0 amide bonds. The van der Waals surface area contributed by atoms with E-state index in [1.807, 2.05) is 6.07 Å². The zero-order valence-corrected chi connectivity index (χ0v) is 14.6. The number of halogens is 3. The van der Waals surface area contributed by atoms with Crippen molar-refractivity contribution in [3.8, 4) is 29.0 Å². The van der Waals surface area contributed by atoms with Crippen LogP contribution in [0.5, 0.6) is 5.75 Å². The largest absolute Gasteiger partial charge is 0.486 e. The molecule has 0 aliphatic rings. The summed E-state index contributed by atoms with van der Waals surface area (Å²) in [7, 11) is 0. The van der Waals surface area contributed by atoms with Crippen LogP contribution in [0.25, 0.3) is 11.1 Å². The molecular weight excluding hydrogens is 385 g/mol. The van der Waals surface area contributed by atoms with Crippen LogP contribution in [-0.4, -0.2) is 4.98 Å². The van der Waals surface area contributed by atoms with Gasteiger partial charge in [0.25, 0.3) is 5.56 Å². The van der Waals surface area contributed by atoms with Crippen molar-refractivity contribution in [1.82, 2.24) is 4.98 Å². The maximum atomic E-state index is 13.8. The van der Waals surface area contributed by atoms with Crippen LogP contribution in [0.3, 0.4) is 0 Å². The average molecular weight is 396 g/mol. The predicted octanol–water partition coefficient (Wildman–Crippen LogP) is 3.36. The van der Waals surface area contributed by atoms with Crippen molar-refractivity contribution in [2.75, 3.05) is 5.73 Å². The van der Waals surface area contributed by atoms with Gasteiger partial charge < -0.3 is 15.5 Å². The Morgan fingerprint density at radius 2 is 1.69 bits per heavy atom. The maximum absolute atomic E-state index is 13.8. The number of aromatic amines is 1. The maximum Gasteiger partial charge on any atom is 0.268 e. The molecule has 29 heavy (non-hydrogen) atoms. The molecule has 3 aromatic rings. The Hall–Kier alpha value is -4.24. The summed E-state index contributed by atoms with van der Waals surface area (Å²) in [5.74, 6) is -5.25. The molecule has 0 radical (unpaired) electrons. The smallest absolute Gasteiger partial charge is 0.268 e. The summed E-state index contributed by atoms with van der Waals surface area (Å²) >= 11 is 0. The second kappa shape index (κ2) is 7.79. The van der Waals surface area contributed by atoms with E-state index in [1.165, 1.54) is 6.07 Å². The lowest BCUT2D eigenvalue weighted by Crippen LogP contribution is -2.17. The van der Waals surface area contributed by atoms with Crippen LogP contribution < -0.4 is 16.0 Å². The number of benzene rings is 2.